The highest BCUT2D eigenvalue weighted by molar-refractivity contribution is 7.88. The van der Waals surface area contributed by atoms with Gasteiger partial charge in [-0.15, -0.1) is 0 Å². The molecule has 0 radical (unpaired) electrons. The van der Waals surface area contributed by atoms with Crippen LogP contribution in [0.1, 0.15) is 28.8 Å². The Hall–Kier alpha value is -2.71. The van der Waals surface area contributed by atoms with Gasteiger partial charge in [0.15, 0.2) is 0 Å². The second kappa shape index (κ2) is 9.19. The first-order valence-electron chi connectivity index (χ1n) is 9.40. The smallest absolute Gasteiger partial charge is 0.337 e. The number of amides is 1. The summed E-state index contributed by atoms with van der Waals surface area (Å²) in [7, 11) is -2.21. The summed E-state index contributed by atoms with van der Waals surface area (Å²) in [5, 5.41) is 2.78. The number of methoxy groups -OCH3 is 1. The zero-order valence-corrected chi connectivity index (χ0v) is 17.0. The number of carbonyl (C=O) groups excluding carboxylic acids is 2. The van der Waals surface area contributed by atoms with Gasteiger partial charge in [-0.3, -0.25) is 4.79 Å². The molecule has 0 saturated carbocycles. The maximum Gasteiger partial charge on any atom is 0.337 e. The molecule has 0 spiro atoms. The minimum Gasteiger partial charge on any atom is -0.465 e. The van der Waals surface area contributed by atoms with Crippen molar-refractivity contribution in [3.8, 4) is 0 Å². The molecule has 7 nitrogen and oxygen atoms in total. The lowest BCUT2D eigenvalue weighted by atomic mass is 9.98. The highest BCUT2D eigenvalue weighted by atomic mass is 32.2. The number of carbonyl (C=O) groups is 2. The molecule has 154 valence electrons. The van der Waals surface area contributed by atoms with Crippen LogP contribution in [-0.4, -0.2) is 44.8 Å². The molecule has 0 unspecified atom stereocenters. The van der Waals surface area contributed by atoms with E-state index in [-0.39, 0.29) is 18.2 Å². The summed E-state index contributed by atoms with van der Waals surface area (Å²) < 4.78 is 31.6. The van der Waals surface area contributed by atoms with Crippen LogP contribution in [0.2, 0.25) is 0 Å². The highest BCUT2D eigenvalue weighted by Gasteiger charge is 2.32. The Labute approximate surface area is 170 Å². The maximum absolute atomic E-state index is 12.8. The van der Waals surface area contributed by atoms with E-state index in [0.29, 0.717) is 30.6 Å². The van der Waals surface area contributed by atoms with Gasteiger partial charge < -0.3 is 10.1 Å². The molecule has 8 heteroatoms. The molecule has 0 aliphatic carbocycles. The molecule has 1 heterocycles. The van der Waals surface area contributed by atoms with Crippen molar-refractivity contribution in [3.05, 3.63) is 65.7 Å². The van der Waals surface area contributed by atoms with Crippen LogP contribution in [-0.2, 0) is 25.3 Å². The van der Waals surface area contributed by atoms with E-state index >= 15 is 0 Å². The number of nitrogens with one attached hydrogen (secondary N) is 1. The number of hydrogen-bond donors (Lipinski definition) is 1. The number of anilines is 1. The van der Waals surface area contributed by atoms with Crippen molar-refractivity contribution < 1.29 is 22.7 Å². The standard InChI is InChI=1S/C21H24N2O5S/c1-28-21(25)17-9-5-11-19(13-17)22-20(24)18-10-6-12-23(14-18)29(26,27)15-16-7-3-2-4-8-16/h2-5,7-9,11,13,18H,6,10,12,14-15H2,1H3,(H,22,24)/t18-/m0/s1. The van der Waals surface area contributed by atoms with Gasteiger partial charge in [-0.25, -0.2) is 17.5 Å². The number of piperidine rings is 1. The van der Waals surface area contributed by atoms with Crippen molar-refractivity contribution in [2.45, 2.75) is 18.6 Å². The summed E-state index contributed by atoms with van der Waals surface area (Å²) >= 11 is 0. The third-order valence-electron chi connectivity index (χ3n) is 4.89. The molecule has 1 aliphatic heterocycles. The molecule has 2 aromatic rings. The van der Waals surface area contributed by atoms with Crippen LogP contribution in [0.4, 0.5) is 5.69 Å². The van der Waals surface area contributed by atoms with Crippen molar-refractivity contribution in [2.24, 2.45) is 5.92 Å². The predicted molar refractivity (Wildman–Crippen MR) is 110 cm³/mol. The highest BCUT2D eigenvalue weighted by Crippen LogP contribution is 2.23. The van der Waals surface area contributed by atoms with E-state index in [1.165, 1.54) is 17.5 Å². The van der Waals surface area contributed by atoms with Gasteiger partial charge in [0, 0.05) is 18.8 Å². The minimum atomic E-state index is -3.50. The third-order valence-corrected chi connectivity index (χ3v) is 6.71. The Balaban J connectivity index is 1.66. The summed E-state index contributed by atoms with van der Waals surface area (Å²) in [6.07, 6.45) is 1.23. The first-order valence-corrected chi connectivity index (χ1v) is 11.0. The Bertz CT molecular complexity index is 976. The van der Waals surface area contributed by atoms with Crippen molar-refractivity contribution in [2.75, 3.05) is 25.5 Å². The average Bonchev–Trinajstić information content (AvgIpc) is 2.74. The number of nitrogens with zero attached hydrogens (tertiary/aromatic N) is 1. The van der Waals surface area contributed by atoms with Gasteiger partial charge in [0.2, 0.25) is 15.9 Å². The lowest BCUT2D eigenvalue weighted by Crippen LogP contribution is -2.44. The summed E-state index contributed by atoms with van der Waals surface area (Å²) in [4.78, 5) is 24.3. The molecule has 1 N–H and O–H groups in total. The van der Waals surface area contributed by atoms with E-state index in [1.807, 2.05) is 6.07 Å². The minimum absolute atomic E-state index is 0.0800. The number of sulfonamides is 1. The summed E-state index contributed by atoms with van der Waals surface area (Å²) in [6, 6.07) is 15.5. The van der Waals surface area contributed by atoms with Gasteiger partial charge in [0.1, 0.15) is 0 Å². The van der Waals surface area contributed by atoms with Gasteiger partial charge >= 0.3 is 5.97 Å². The van der Waals surface area contributed by atoms with Crippen molar-refractivity contribution in [1.29, 1.82) is 0 Å². The topological polar surface area (TPSA) is 92.8 Å². The summed E-state index contributed by atoms with van der Waals surface area (Å²) in [6.45, 7) is 0.564. The molecule has 29 heavy (non-hydrogen) atoms. The van der Waals surface area contributed by atoms with Crippen LogP contribution in [0.3, 0.4) is 0 Å². The zero-order valence-electron chi connectivity index (χ0n) is 16.2. The van der Waals surface area contributed by atoms with E-state index in [9.17, 15) is 18.0 Å². The van der Waals surface area contributed by atoms with Crippen LogP contribution >= 0.6 is 0 Å². The number of benzene rings is 2. The number of ether oxygens (including phenoxy) is 1. The monoisotopic (exact) mass is 416 g/mol. The van der Waals surface area contributed by atoms with Gasteiger partial charge in [-0.05, 0) is 36.6 Å². The van der Waals surface area contributed by atoms with Gasteiger partial charge in [0.05, 0.1) is 24.3 Å². The van der Waals surface area contributed by atoms with Crippen LogP contribution in [0.5, 0.6) is 0 Å². The van der Waals surface area contributed by atoms with E-state index < -0.39 is 21.9 Å². The first kappa shape index (κ1) is 21.0. The van der Waals surface area contributed by atoms with Crippen molar-refractivity contribution >= 4 is 27.6 Å². The quantitative estimate of drug-likeness (QED) is 0.731. The van der Waals surface area contributed by atoms with E-state index in [4.69, 9.17) is 0 Å². The van der Waals surface area contributed by atoms with E-state index in [1.54, 1.807) is 42.5 Å². The molecule has 0 bridgehead atoms. The van der Waals surface area contributed by atoms with Crippen LogP contribution < -0.4 is 5.32 Å². The molecule has 1 fully saturated rings. The largest absolute Gasteiger partial charge is 0.465 e. The lowest BCUT2D eigenvalue weighted by molar-refractivity contribution is -0.120. The zero-order chi connectivity index (χ0) is 20.9. The Kier molecular flexibility index (Phi) is 6.66. The van der Waals surface area contributed by atoms with E-state index in [0.717, 1.165) is 5.56 Å². The molecule has 3 rings (SSSR count). The van der Waals surface area contributed by atoms with Gasteiger partial charge in [0.25, 0.3) is 0 Å². The fraction of sp³-hybridized carbons (Fsp3) is 0.333. The Morgan fingerprint density at radius 1 is 1.14 bits per heavy atom. The van der Waals surface area contributed by atoms with Crippen molar-refractivity contribution in [1.82, 2.24) is 4.31 Å². The second-order valence-electron chi connectivity index (χ2n) is 7.00. The molecule has 2 aromatic carbocycles. The molecule has 1 saturated heterocycles. The average molecular weight is 416 g/mol. The third kappa shape index (κ3) is 5.42. The van der Waals surface area contributed by atoms with Crippen LogP contribution in [0.15, 0.2) is 54.6 Å². The summed E-state index contributed by atoms with van der Waals surface area (Å²) in [5.74, 6) is -1.27. The fourth-order valence-electron chi connectivity index (χ4n) is 3.37. The lowest BCUT2D eigenvalue weighted by Gasteiger charge is -2.31. The molecule has 0 aromatic heterocycles. The van der Waals surface area contributed by atoms with Crippen LogP contribution in [0, 0.1) is 5.92 Å². The Morgan fingerprint density at radius 2 is 1.90 bits per heavy atom. The summed E-state index contributed by atoms with van der Waals surface area (Å²) in [5.41, 5.74) is 1.53. The van der Waals surface area contributed by atoms with Crippen LogP contribution in [0.25, 0.3) is 0 Å². The molecular weight excluding hydrogens is 392 g/mol. The Morgan fingerprint density at radius 3 is 2.62 bits per heavy atom. The molecule has 1 atom stereocenters. The maximum atomic E-state index is 12.8. The van der Waals surface area contributed by atoms with Crippen molar-refractivity contribution in [3.63, 3.8) is 0 Å². The second-order valence-corrected chi connectivity index (χ2v) is 8.97. The number of esters is 1. The normalized spacial score (nSPS) is 17.5. The molecule has 1 aliphatic rings. The number of hydrogen-bond acceptors (Lipinski definition) is 5. The fourth-order valence-corrected chi connectivity index (χ4v) is 4.98. The van der Waals surface area contributed by atoms with Gasteiger partial charge in [-0.2, -0.15) is 0 Å². The molecule has 1 amide bonds. The number of rotatable bonds is 6. The van der Waals surface area contributed by atoms with Gasteiger partial charge in [-0.1, -0.05) is 36.4 Å². The SMILES string of the molecule is COC(=O)c1cccc(NC(=O)[C@H]2CCCN(S(=O)(=O)Cc3ccccc3)C2)c1. The predicted octanol–water partition coefficient (Wildman–Crippen LogP) is 2.65. The molecular formula is C21H24N2O5S. The van der Waals surface area contributed by atoms with E-state index in [2.05, 4.69) is 10.1 Å². The first-order chi connectivity index (χ1) is 13.9.